The van der Waals surface area contributed by atoms with E-state index in [0.29, 0.717) is 24.5 Å². The molecule has 1 saturated heterocycles. The number of halogens is 1. The Labute approximate surface area is 234 Å². The van der Waals surface area contributed by atoms with Crippen molar-refractivity contribution in [3.8, 4) is 5.75 Å². The smallest absolute Gasteiger partial charge is 0.326 e. The summed E-state index contributed by atoms with van der Waals surface area (Å²) in [5.74, 6) is 0.242. The minimum atomic E-state index is -0.482. The number of nitro groups is 1. The van der Waals surface area contributed by atoms with E-state index < -0.39 is 17.0 Å². The van der Waals surface area contributed by atoms with Gasteiger partial charge in [-0.3, -0.25) is 24.8 Å². The summed E-state index contributed by atoms with van der Waals surface area (Å²) in [6.07, 6.45) is 7.66. The van der Waals surface area contributed by atoms with E-state index in [-0.39, 0.29) is 41.9 Å². The van der Waals surface area contributed by atoms with Gasteiger partial charge in [-0.1, -0.05) is 52.4 Å². The molecule has 1 fully saturated rings. The fourth-order valence-corrected chi connectivity index (χ4v) is 5.34. The summed E-state index contributed by atoms with van der Waals surface area (Å²) in [6, 6.07) is 10.9. The Hall–Kier alpha value is -3.99. The van der Waals surface area contributed by atoms with E-state index in [4.69, 9.17) is 9.73 Å². The van der Waals surface area contributed by atoms with Crippen molar-refractivity contribution in [1.82, 2.24) is 15.1 Å². The number of amidine groups is 1. The Kier molecular flexibility index (Phi) is 7.51. The SMILES string of the molecule is CC(C)Oc1cc([N+](=O)[O-])ccc1C1=NC(c2ccc(Br)cc2)[C@@H](C2C=CC=C2)N1C(=O)N1CCNC(=O)C1. The normalized spacial score (nSPS) is 20.9. The van der Waals surface area contributed by atoms with Crippen LogP contribution in [0.25, 0.3) is 0 Å². The highest BCUT2D eigenvalue weighted by molar-refractivity contribution is 9.10. The molecular formula is C28H28BrN5O5. The van der Waals surface area contributed by atoms with Gasteiger partial charge in [0.15, 0.2) is 0 Å². The minimum absolute atomic E-state index is 0.0652. The Morgan fingerprint density at radius 1 is 1.18 bits per heavy atom. The van der Waals surface area contributed by atoms with Crippen LogP contribution in [0.1, 0.15) is 31.0 Å². The zero-order chi connectivity index (χ0) is 27.7. The molecular weight excluding hydrogens is 566 g/mol. The lowest BCUT2D eigenvalue weighted by molar-refractivity contribution is -0.384. The van der Waals surface area contributed by atoms with Gasteiger partial charge in [-0.05, 0) is 37.6 Å². The number of urea groups is 1. The summed E-state index contributed by atoms with van der Waals surface area (Å²) >= 11 is 3.49. The van der Waals surface area contributed by atoms with E-state index in [1.165, 1.54) is 17.0 Å². The third kappa shape index (κ3) is 5.44. The van der Waals surface area contributed by atoms with Crippen molar-refractivity contribution in [1.29, 1.82) is 0 Å². The summed E-state index contributed by atoms with van der Waals surface area (Å²) in [5.41, 5.74) is 1.26. The molecule has 1 N–H and O–H groups in total. The highest BCUT2D eigenvalue weighted by Gasteiger charge is 2.47. The molecule has 0 aromatic heterocycles. The van der Waals surface area contributed by atoms with Gasteiger partial charge in [-0.25, -0.2) is 4.79 Å². The molecule has 0 radical (unpaired) electrons. The quantitative estimate of drug-likeness (QED) is 0.387. The van der Waals surface area contributed by atoms with Crippen molar-refractivity contribution < 1.29 is 19.2 Å². The van der Waals surface area contributed by atoms with E-state index in [1.807, 2.05) is 62.4 Å². The van der Waals surface area contributed by atoms with Crippen LogP contribution in [0.15, 0.2) is 76.2 Å². The molecule has 2 aromatic rings. The number of nitrogens with zero attached hydrogens (tertiary/aromatic N) is 4. The van der Waals surface area contributed by atoms with Gasteiger partial charge in [-0.15, -0.1) is 0 Å². The predicted molar refractivity (Wildman–Crippen MR) is 150 cm³/mol. The van der Waals surface area contributed by atoms with Gasteiger partial charge >= 0.3 is 6.03 Å². The van der Waals surface area contributed by atoms with Gasteiger partial charge in [0.05, 0.1) is 34.7 Å². The Morgan fingerprint density at radius 3 is 2.54 bits per heavy atom. The molecule has 202 valence electrons. The van der Waals surface area contributed by atoms with Gasteiger partial charge in [-0.2, -0.15) is 0 Å². The maximum Gasteiger partial charge on any atom is 0.326 e. The molecule has 2 heterocycles. The van der Waals surface area contributed by atoms with Crippen LogP contribution in [0.5, 0.6) is 5.75 Å². The van der Waals surface area contributed by atoms with Gasteiger partial charge in [0, 0.05) is 29.5 Å². The second-order valence-corrected chi connectivity index (χ2v) is 10.7. The van der Waals surface area contributed by atoms with E-state index in [2.05, 4.69) is 21.2 Å². The number of hydrogen-bond donors (Lipinski definition) is 1. The average molecular weight is 594 g/mol. The zero-order valence-electron chi connectivity index (χ0n) is 21.5. The van der Waals surface area contributed by atoms with Gasteiger partial charge in [0.25, 0.3) is 5.69 Å². The van der Waals surface area contributed by atoms with Crippen molar-refractivity contribution in [3.05, 3.63) is 92.5 Å². The number of allylic oxidation sites excluding steroid dienone is 2. The Morgan fingerprint density at radius 2 is 1.90 bits per heavy atom. The molecule has 11 heteroatoms. The highest BCUT2D eigenvalue weighted by atomic mass is 79.9. The topological polar surface area (TPSA) is 117 Å². The fourth-order valence-electron chi connectivity index (χ4n) is 5.08. The Balaban J connectivity index is 1.68. The van der Waals surface area contributed by atoms with Crippen molar-refractivity contribution in [2.24, 2.45) is 10.9 Å². The number of carbonyl (C=O) groups excluding carboxylic acids is 2. The number of non-ortho nitro benzene ring substituents is 1. The van der Waals surface area contributed by atoms with E-state index in [1.54, 1.807) is 11.0 Å². The van der Waals surface area contributed by atoms with Crippen molar-refractivity contribution >= 4 is 39.4 Å². The zero-order valence-corrected chi connectivity index (χ0v) is 23.1. The van der Waals surface area contributed by atoms with Crippen LogP contribution >= 0.6 is 15.9 Å². The monoisotopic (exact) mass is 593 g/mol. The standard InChI is InChI=1S/C28H28BrN5O5/c1-17(2)39-23-15-21(34(37)38)11-12-22(23)27-31-25(18-7-9-20(29)10-8-18)26(19-5-3-4-6-19)33(27)28(36)32-14-13-30-24(35)16-32/h3-12,15,17,19,25-26H,13-14,16H2,1-2H3,(H,30,35)/t25?,26-/m1/s1. The first kappa shape index (κ1) is 26.6. The van der Waals surface area contributed by atoms with Crippen molar-refractivity contribution in [2.75, 3.05) is 19.6 Å². The summed E-state index contributed by atoms with van der Waals surface area (Å²) in [5, 5.41) is 14.3. The van der Waals surface area contributed by atoms with E-state index in [0.717, 1.165) is 10.0 Å². The number of benzene rings is 2. The lowest BCUT2D eigenvalue weighted by atomic mass is 9.90. The molecule has 1 unspecified atom stereocenters. The molecule has 39 heavy (non-hydrogen) atoms. The lowest BCUT2D eigenvalue weighted by Gasteiger charge is -2.37. The number of rotatable bonds is 6. The van der Waals surface area contributed by atoms with Gasteiger partial charge < -0.3 is 15.0 Å². The first-order valence-electron chi connectivity index (χ1n) is 12.7. The third-order valence-corrected chi connectivity index (χ3v) is 7.32. The van der Waals surface area contributed by atoms with Crippen LogP contribution in [-0.2, 0) is 4.79 Å². The number of piperazine rings is 1. The van der Waals surface area contributed by atoms with Crippen LogP contribution in [0.2, 0.25) is 0 Å². The van der Waals surface area contributed by atoms with Crippen molar-refractivity contribution in [3.63, 3.8) is 0 Å². The number of carbonyl (C=O) groups is 2. The summed E-state index contributed by atoms with van der Waals surface area (Å²) in [4.78, 5) is 45.8. The second-order valence-electron chi connectivity index (χ2n) is 9.82. The largest absolute Gasteiger partial charge is 0.490 e. The molecule has 2 aliphatic heterocycles. The van der Waals surface area contributed by atoms with Crippen molar-refractivity contribution in [2.45, 2.75) is 32.0 Å². The summed E-state index contributed by atoms with van der Waals surface area (Å²) in [7, 11) is 0. The molecule has 2 atom stereocenters. The number of ether oxygens (including phenoxy) is 1. The van der Waals surface area contributed by atoms with Crippen LogP contribution in [0, 0.1) is 16.0 Å². The van der Waals surface area contributed by atoms with Crippen LogP contribution in [-0.4, -0.2) is 64.3 Å². The number of amides is 3. The highest BCUT2D eigenvalue weighted by Crippen LogP contribution is 2.42. The fraction of sp³-hybridized carbons (Fsp3) is 0.321. The maximum absolute atomic E-state index is 14.2. The molecule has 0 bridgehead atoms. The number of nitro benzene ring substituents is 1. The van der Waals surface area contributed by atoms with Crippen LogP contribution < -0.4 is 10.1 Å². The van der Waals surface area contributed by atoms with E-state index >= 15 is 0 Å². The van der Waals surface area contributed by atoms with E-state index in [9.17, 15) is 19.7 Å². The first-order valence-corrected chi connectivity index (χ1v) is 13.5. The molecule has 3 aliphatic rings. The third-order valence-electron chi connectivity index (χ3n) is 6.79. The lowest BCUT2D eigenvalue weighted by Crippen LogP contribution is -2.57. The van der Waals surface area contributed by atoms with Gasteiger partial charge in [0.2, 0.25) is 5.91 Å². The number of nitrogens with one attached hydrogen (secondary N) is 1. The molecule has 1 aliphatic carbocycles. The second kappa shape index (κ2) is 11.0. The van der Waals surface area contributed by atoms with Crippen LogP contribution in [0.4, 0.5) is 10.5 Å². The molecule has 0 spiro atoms. The Bertz CT molecular complexity index is 1380. The summed E-state index contributed by atoms with van der Waals surface area (Å²) in [6.45, 7) is 4.31. The molecule has 10 nitrogen and oxygen atoms in total. The summed E-state index contributed by atoms with van der Waals surface area (Å²) < 4.78 is 6.94. The molecule has 5 rings (SSSR count). The van der Waals surface area contributed by atoms with Gasteiger partial charge in [0.1, 0.15) is 18.1 Å². The first-order chi connectivity index (χ1) is 18.7. The minimum Gasteiger partial charge on any atom is -0.490 e. The number of aliphatic imine (C=N–C) groups is 1. The number of hydrogen-bond acceptors (Lipinski definition) is 6. The molecule has 2 aromatic carbocycles. The molecule has 3 amide bonds. The predicted octanol–water partition coefficient (Wildman–Crippen LogP) is 4.61. The average Bonchev–Trinajstić information content (AvgIpc) is 3.56. The maximum atomic E-state index is 14.2. The van der Waals surface area contributed by atoms with Crippen LogP contribution in [0.3, 0.4) is 0 Å². The molecule has 0 saturated carbocycles.